The lowest BCUT2D eigenvalue weighted by atomic mass is 9.99. The maximum absolute atomic E-state index is 13.3. The Morgan fingerprint density at radius 2 is 1.93 bits per heavy atom. The SMILES string of the molecule is C=N/C(CN1NC2C(=O)N(c3ccccc3C)N=C2c2ccccc21)=C(C)\C=C\Br. The summed E-state index contributed by atoms with van der Waals surface area (Å²) in [6.07, 6.45) is 1.92. The second kappa shape index (κ2) is 8.38. The van der Waals surface area contributed by atoms with Crippen LogP contribution in [-0.4, -0.2) is 30.9 Å². The number of nitrogens with one attached hydrogen (secondary N) is 1. The topological polar surface area (TPSA) is 60.3 Å². The molecule has 2 aromatic rings. The Morgan fingerprint density at radius 1 is 1.23 bits per heavy atom. The van der Waals surface area contributed by atoms with Crippen LogP contribution in [0.25, 0.3) is 0 Å². The summed E-state index contributed by atoms with van der Waals surface area (Å²) in [5.74, 6) is -0.104. The lowest BCUT2D eigenvalue weighted by molar-refractivity contribution is -0.118. The first-order valence-electron chi connectivity index (χ1n) is 9.59. The zero-order valence-electron chi connectivity index (χ0n) is 16.8. The number of fused-ring (bicyclic) bond motifs is 3. The van der Waals surface area contributed by atoms with Crippen molar-refractivity contribution < 1.29 is 4.79 Å². The number of aliphatic imine (C=N–C) groups is 1. The van der Waals surface area contributed by atoms with E-state index in [-0.39, 0.29) is 5.91 Å². The third kappa shape index (κ3) is 3.51. The maximum Gasteiger partial charge on any atom is 0.272 e. The van der Waals surface area contributed by atoms with Crippen LogP contribution >= 0.6 is 15.9 Å². The van der Waals surface area contributed by atoms with Gasteiger partial charge in [-0.05, 0) is 48.8 Å². The smallest absolute Gasteiger partial charge is 0.272 e. The number of hydrazine groups is 1. The minimum absolute atomic E-state index is 0.104. The van der Waals surface area contributed by atoms with Gasteiger partial charge in [-0.2, -0.15) is 10.1 Å². The van der Waals surface area contributed by atoms with Gasteiger partial charge in [0.25, 0.3) is 5.91 Å². The number of allylic oxidation sites excluding steroid dienone is 2. The second-order valence-corrected chi connectivity index (χ2v) is 7.70. The summed E-state index contributed by atoms with van der Waals surface area (Å²) < 4.78 is 0. The van der Waals surface area contributed by atoms with Crippen LogP contribution in [0, 0.1) is 6.92 Å². The zero-order chi connectivity index (χ0) is 21.3. The highest BCUT2D eigenvalue weighted by molar-refractivity contribution is 9.11. The number of rotatable bonds is 5. The number of para-hydroxylation sites is 2. The molecular weight excluding hydrogens is 442 g/mol. The Kier molecular flexibility index (Phi) is 5.65. The first-order valence-corrected chi connectivity index (χ1v) is 10.5. The predicted molar refractivity (Wildman–Crippen MR) is 126 cm³/mol. The number of amides is 1. The average molecular weight is 464 g/mol. The van der Waals surface area contributed by atoms with Crippen LogP contribution in [0.1, 0.15) is 18.1 Å². The molecule has 152 valence electrons. The molecule has 0 aliphatic carbocycles. The number of anilines is 2. The van der Waals surface area contributed by atoms with Gasteiger partial charge in [-0.25, -0.2) is 5.43 Å². The Hall–Kier alpha value is -3.03. The molecule has 6 nitrogen and oxygen atoms in total. The van der Waals surface area contributed by atoms with Gasteiger partial charge in [0.2, 0.25) is 0 Å². The van der Waals surface area contributed by atoms with Crippen molar-refractivity contribution in [2.24, 2.45) is 10.1 Å². The summed E-state index contributed by atoms with van der Waals surface area (Å²) in [5.41, 5.74) is 9.55. The standard InChI is InChI=1S/C23H22BrN5O/c1-15(12-13-24)18(25-3)14-28-20-11-7-5-9-17(20)21-22(26-28)23(30)29(27-21)19-10-6-4-8-16(19)2/h4-13,22,26H,3,14H2,1-2H3/b13-12+,18-15-. The van der Waals surface area contributed by atoms with Gasteiger partial charge in [0.15, 0.2) is 6.04 Å². The highest BCUT2D eigenvalue weighted by Gasteiger charge is 2.43. The van der Waals surface area contributed by atoms with E-state index >= 15 is 0 Å². The van der Waals surface area contributed by atoms with E-state index in [0.717, 1.165) is 39.5 Å². The Labute approximate surface area is 184 Å². The highest BCUT2D eigenvalue weighted by Crippen LogP contribution is 2.33. The molecule has 2 aromatic carbocycles. The number of nitrogens with zero attached hydrogens (tertiary/aromatic N) is 4. The van der Waals surface area contributed by atoms with E-state index < -0.39 is 6.04 Å². The molecule has 2 heterocycles. The van der Waals surface area contributed by atoms with E-state index in [1.807, 2.05) is 73.5 Å². The fraction of sp³-hybridized carbons (Fsp3) is 0.174. The molecule has 0 spiro atoms. The van der Waals surface area contributed by atoms with Crippen molar-refractivity contribution in [1.29, 1.82) is 0 Å². The number of benzene rings is 2. The van der Waals surface area contributed by atoms with Crippen LogP contribution in [0.15, 0.2) is 81.0 Å². The van der Waals surface area contributed by atoms with Crippen molar-refractivity contribution in [2.45, 2.75) is 19.9 Å². The summed E-state index contributed by atoms with van der Waals surface area (Å²) in [6.45, 7) is 8.14. The van der Waals surface area contributed by atoms with E-state index in [0.29, 0.717) is 6.54 Å². The molecule has 0 fully saturated rings. The van der Waals surface area contributed by atoms with Crippen LogP contribution in [-0.2, 0) is 4.79 Å². The molecule has 0 saturated heterocycles. The first kappa shape index (κ1) is 20.3. The van der Waals surface area contributed by atoms with Gasteiger partial charge in [0.1, 0.15) is 0 Å². The van der Waals surface area contributed by atoms with Crippen molar-refractivity contribution in [2.75, 3.05) is 16.6 Å². The lowest BCUT2D eigenvalue weighted by Crippen LogP contribution is -2.56. The molecule has 1 atom stereocenters. The monoisotopic (exact) mass is 463 g/mol. The van der Waals surface area contributed by atoms with Gasteiger partial charge >= 0.3 is 0 Å². The van der Waals surface area contributed by atoms with Gasteiger partial charge in [-0.1, -0.05) is 58.4 Å². The van der Waals surface area contributed by atoms with Crippen molar-refractivity contribution in [3.8, 4) is 0 Å². The average Bonchev–Trinajstić information content (AvgIpc) is 3.09. The Balaban J connectivity index is 1.74. The molecule has 1 amide bonds. The third-order valence-electron chi connectivity index (χ3n) is 5.30. The van der Waals surface area contributed by atoms with Crippen molar-refractivity contribution >= 4 is 45.6 Å². The number of hydrogen-bond acceptors (Lipinski definition) is 5. The number of aryl methyl sites for hydroxylation is 1. The number of carbonyl (C=O) groups excluding carboxylic acids is 1. The number of carbonyl (C=O) groups is 1. The van der Waals surface area contributed by atoms with Gasteiger partial charge in [-0.15, -0.1) is 0 Å². The van der Waals surface area contributed by atoms with Crippen molar-refractivity contribution in [1.82, 2.24) is 5.43 Å². The fourth-order valence-electron chi connectivity index (χ4n) is 3.68. The largest absolute Gasteiger partial charge is 0.301 e. The quantitative estimate of drug-likeness (QED) is 0.530. The van der Waals surface area contributed by atoms with Crippen LogP contribution < -0.4 is 15.4 Å². The van der Waals surface area contributed by atoms with Crippen LogP contribution in [0.2, 0.25) is 0 Å². The number of hydrazone groups is 1. The maximum atomic E-state index is 13.3. The van der Waals surface area contributed by atoms with Gasteiger partial charge in [0.05, 0.1) is 29.3 Å². The van der Waals surface area contributed by atoms with Crippen molar-refractivity contribution in [3.05, 3.63) is 82.0 Å². The molecule has 0 aromatic heterocycles. The summed E-state index contributed by atoms with van der Waals surface area (Å²) >= 11 is 3.31. The summed E-state index contributed by atoms with van der Waals surface area (Å²) in [7, 11) is 0. The van der Waals surface area contributed by atoms with Crippen LogP contribution in [0.4, 0.5) is 11.4 Å². The molecule has 7 heteroatoms. The van der Waals surface area contributed by atoms with E-state index in [4.69, 9.17) is 5.10 Å². The second-order valence-electron chi connectivity index (χ2n) is 7.17. The lowest BCUT2D eigenvalue weighted by Gasteiger charge is -2.35. The minimum atomic E-state index is -0.558. The van der Waals surface area contributed by atoms with Crippen molar-refractivity contribution in [3.63, 3.8) is 0 Å². The molecule has 0 radical (unpaired) electrons. The molecule has 2 aliphatic rings. The molecule has 1 unspecified atom stereocenters. The normalized spacial score (nSPS) is 18.8. The van der Waals surface area contributed by atoms with Gasteiger partial charge < -0.3 is 5.01 Å². The molecule has 2 aliphatic heterocycles. The fourth-order valence-corrected chi connectivity index (χ4v) is 4.07. The molecule has 1 N–H and O–H groups in total. The summed E-state index contributed by atoms with van der Waals surface area (Å²) in [5, 5.41) is 8.16. The molecule has 0 saturated carbocycles. The zero-order valence-corrected chi connectivity index (χ0v) is 18.4. The molecule has 4 rings (SSSR count). The highest BCUT2D eigenvalue weighted by atomic mass is 79.9. The number of halogens is 1. The Morgan fingerprint density at radius 3 is 2.63 bits per heavy atom. The van der Waals surface area contributed by atoms with Crippen LogP contribution in [0.5, 0.6) is 0 Å². The van der Waals surface area contributed by atoms with E-state index in [9.17, 15) is 4.79 Å². The molecular formula is C23H22BrN5O. The van der Waals surface area contributed by atoms with E-state index in [1.54, 1.807) is 4.99 Å². The minimum Gasteiger partial charge on any atom is -0.301 e. The predicted octanol–water partition coefficient (Wildman–Crippen LogP) is 4.32. The van der Waals surface area contributed by atoms with E-state index in [2.05, 4.69) is 33.1 Å². The Bertz CT molecular complexity index is 1100. The van der Waals surface area contributed by atoms with Crippen LogP contribution in [0.3, 0.4) is 0 Å². The van der Waals surface area contributed by atoms with Gasteiger partial charge in [0, 0.05) is 5.56 Å². The van der Waals surface area contributed by atoms with Gasteiger partial charge in [-0.3, -0.25) is 9.79 Å². The summed E-state index contributed by atoms with van der Waals surface area (Å²) in [4.78, 5) is 19.3. The first-order chi connectivity index (χ1) is 14.5. The number of hydrogen-bond donors (Lipinski definition) is 1. The molecule has 0 bridgehead atoms. The summed E-state index contributed by atoms with van der Waals surface area (Å²) in [6, 6.07) is 15.1. The third-order valence-corrected chi connectivity index (χ3v) is 5.57. The molecule has 30 heavy (non-hydrogen) atoms. The van der Waals surface area contributed by atoms with E-state index in [1.165, 1.54) is 5.01 Å².